The molecule has 2 aromatic heterocycles. The van der Waals surface area contributed by atoms with Crippen LogP contribution in [-0.4, -0.2) is 89.4 Å². The van der Waals surface area contributed by atoms with Crippen molar-refractivity contribution in [3.05, 3.63) is 102 Å². The van der Waals surface area contributed by atoms with Crippen LogP contribution in [-0.2, 0) is 22.8 Å². The molecule has 0 saturated carbocycles. The Morgan fingerprint density at radius 3 is 2.50 bits per heavy atom. The number of aromatic nitrogens is 3. The molecule has 2 aromatic carbocycles. The summed E-state index contributed by atoms with van der Waals surface area (Å²) in [7, 11) is -3.19. The topological polar surface area (TPSA) is 118 Å². The minimum atomic E-state index is -3.19. The Hall–Kier alpha value is -4.62. The summed E-state index contributed by atoms with van der Waals surface area (Å²) in [5.41, 5.74) is 3.23. The number of halogens is 1. The second-order valence-corrected chi connectivity index (χ2v) is 16.0. The van der Waals surface area contributed by atoms with E-state index in [2.05, 4.69) is 31.9 Å². The largest absolute Gasteiger partial charge is 0.490 e. The van der Waals surface area contributed by atoms with E-state index < -0.39 is 15.7 Å². The minimum Gasteiger partial charge on any atom is -0.490 e. The number of anilines is 1. The fraction of sp³-hybridized carbons (Fsp3) is 0.436. The van der Waals surface area contributed by atoms with Crippen molar-refractivity contribution in [1.29, 1.82) is 0 Å². The molecule has 1 amide bonds. The van der Waals surface area contributed by atoms with Crippen LogP contribution in [0.3, 0.4) is 0 Å². The molecule has 2 aliphatic heterocycles. The number of piperidine rings is 1. The van der Waals surface area contributed by atoms with Crippen LogP contribution in [0.1, 0.15) is 73.3 Å². The van der Waals surface area contributed by atoms with Gasteiger partial charge in [-0.3, -0.25) is 14.7 Å². The number of benzene rings is 2. The van der Waals surface area contributed by atoms with Crippen molar-refractivity contribution in [2.45, 2.75) is 71.2 Å². The lowest BCUT2D eigenvalue weighted by atomic mass is 9.93. The number of hydrogen-bond acceptors (Lipinski definition) is 10. The predicted molar refractivity (Wildman–Crippen MR) is 198 cm³/mol. The fourth-order valence-electron chi connectivity index (χ4n) is 7.16. The first kappa shape index (κ1) is 37.1. The van der Waals surface area contributed by atoms with Crippen LogP contribution in [0.4, 0.5) is 10.2 Å². The second-order valence-electron chi connectivity index (χ2n) is 13.8. The van der Waals surface area contributed by atoms with E-state index in [0.717, 1.165) is 30.0 Å². The Labute approximate surface area is 305 Å². The van der Waals surface area contributed by atoms with Gasteiger partial charge in [-0.2, -0.15) is 0 Å². The average molecular weight is 731 g/mol. The number of fused-ring (bicyclic) bond motifs is 1. The molecule has 0 radical (unpaired) electrons. The molecular weight excluding hydrogens is 684 g/mol. The number of carbonyl (C=O) groups excluding carboxylic acids is 1. The highest BCUT2D eigenvalue weighted by atomic mass is 32.2. The number of carbonyl (C=O) groups is 1. The van der Waals surface area contributed by atoms with Crippen molar-refractivity contribution in [1.82, 2.24) is 24.8 Å². The Bertz CT molecular complexity index is 1960. The smallest absolute Gasteiger partial charge is 0.257 e. The van der Waals surface area contributed by atoms with E-state index in [-0.39, 0.29) is 41.2 Å². The lowest BCUT2D eigenvalue weighted by Crippen LogP contribution is -2.40. The summed E-state index contributed by atoms with van der Waals surface area (Å²) < 4.78 is 52.1. The number of sulfone groups is 1. The van der Waals surface area contributed by atoms with E-state index in [1.807, 2.05) is 45.0 Å². The van der Waals surface area contributed by atoms with E-state index in [1.165, 1.54) is 36.3 Å². The maximum Gasteiger partial charge on any atom is 0.257 e. The van der Waals surface area contributed by atoms with Crippen LogP contribution in [0.25, 0.3) is 0 Å². The quantitative estimate of drug-likeness (QED) is 0.156. The third-order valence-corrected chi connectivity index (χ3v) is 10.7. The first-order chi connectivity index (χ1) is 25.0. The Morgan fingerprint density at radius 1 is 1.02 bits per heavy atom. The Morgan fingerprint density at radius 2 is 1.79 bits per heavy atom. The van der Waals surface area contributed by atoms with Gasteiger partial charge in [-0.05, 0) is 57.0 Å². The van der Waals surface area contributed by atoms with E-state index >= 15 is 0 Å². The van der Waals surface area contributed by atoms with Crippen molar-refractivity contribution in [3.63, 3.8) is 0 Å². The molecule has 11 nitrogen and oxygen atoms in total. The van der Waals surface area contributed by atoms with Crippen LogP contribution < -0.4 is 14.4 Å². The molecule has 1 unspecified atom stereocenters. The maximum atomic E-state index is 14.4. The van der Waals surface area contributed by atoms with E-state index in [9.17, 15) is 17.6 Å². The maximum absolute atomic E-state index is 14.4. The zero-order valence-electron chi connectivity index (χ0n) is 30.2. The normalized spacial score (nSPS) is 16.8. The van der Waals surface area contributed by atoms with Crippen molar-refractivity contribution < 1.29 is 27.1 Å². The van der Waals surface area contributed by atoms with Crippen LogP contribution in [0.2, 0.25) is 0 Å². The summed E-state index contributed by atoms with van der Waals surface area (Å²) in [6.07, 6.45) is 8.58. The molecule has 1 saturated heterocycles. The van der Waals surface area contributed by atoms with Crippen molar-refractivity contribution in [2.24, 2.45) is 0 Å². The third-order valence-electron chi connectivity index (χ3n) is 9.74. The summed E-state index contributed by atoms with van der Waals surface area (Å²) >= 11 is 0. The van der Waals surface area contributed by atoms with Crippen LogP contribution >= 0.6 is 0 Å². The zero-order chi connectivity index (χ0) is 36.8. The summed E-state index contributed by atoms with van der Waals surface area (Å²) in [5, 5.41) is 0. The van der Waals surface area contributed by atoms with Gasteiger partial charge in [-0.1, -0.05) is 30.3 Å². The predicted octanol–water partition coefficient (Wildman–Crippen LogP) is 6.26. The van der Waals surface area contributed by atoms with Gasteiger partial charge in [0.05, 0.1) is 23.2 Å². The van der Waals surface area contributed by atoms with Crippen LogP contribution in [0, 0.1) is 5.82 Å². The molecule has 13 heteroatoms. The second kappa shape index (κ2) is 16.4. The van der Waals surface area contributed by atoms with E-state index in [4.69, 9.17) is 14.5 Å². The van der Waals surface area contributed by atoms with Crippen molar-refractivity contribution >= 4 is 21.6 Å². The zero-order valence-corrected chi connectivity index (χ0v) is 31.1. The van der Waals surface area contributed by atoms with E-state index in [1.54, 1.807) is 17.3 Å². The number of ether oxygens (including phenoxy) is 2. The van der Waals surface area contributed by atoms with Gasteiger partial charge in [-0.15, -0.1) is 0 Å². The van der Waals surface area contributed by atoms with Crippen molar-refractivity contribution in [2.75, 3.05) is 43.1 Å². The highest BCUT2D eigenvalue weighted by Crippen LogP contribution is 2.40. The molecule has 0 bridgehead atoms. The molecule has 0 N–H and O–H groups in total. The lowest BCUT2D eigenvalue weighted by molar-refractivity contribution is 0.0713. The van der Waals surface area contributed by atoms with Gasteiger partial charge in [0.15, 0.2) is 11.6 Å². The number of pyridine rings is 1. The molecule has 2 aliphatic rings. The van der Waals surface area contributed by atoms with Gasteiger partial charge >= 0.3 is 0 Å². The number of nitrogens with zero attached hydrogens (tertiary/aromatic N) is 6. The summed E-state index contributed by atoms with van der Waals surface area (Å²) in [6, 6.07) is 15.8. The summed E-state index contributed by atoms with van der Waals surface area (Å²) in [4.78, 5) is 33.0. The Kier molecular flexibility index (Phi) is 11.7. The number of hydrogen-bond donors (Lipinski definition) is 0. The highest BCUT2D eigenvalue weighted by molar-refractivity contribution is 7.90. The minimum absolute atomic E-state index is 0.0701. The highest BCUT2D eigenvalue weighted by Gasteiger charge is 2.34. The fourth-order valence-corrected chi connectivity index (χ4v) is 7.81. The molecule has 4 aromatic rings. The molecule has 4 heterocycles. The van der Waals surface area contributed by atoms with E-state index in [0.29, 0.717) is 57.0 Å². The third kappa shape index (κ3) is 8.87. The molecule has 1 atom stereocenters. The summed E-state index contributed by atoms with van der Waals surface area (Å²) in [5.74, 6) is 1.15. The first-order valence-corrected chi connectivity index (χ1v) is 20.0. The van der Waals surface area contributed by atoms with Crippen LogP contribution in [0.5, 0.6) is 17.2 Å². The molecule has 276 valence electrons. The molecular formula is C39H47FN6O5S. The SMILES string of the molecule is CCN(C(=O)c1cc(F)ccc1Oc1cncnc1N1CCC(Oc2ccnc3c2C(CCS(C)(=O)=O)N(Cc2ccccc2)CC3)CC1)C(C)C. The van der Waals surface area contributed by atoms with Gasteiger partial charge in [0.25, 0.3) is 5.91 Å². The molecule has 52 heavy (non-hydrogen) atoms. The summed E-state index contributed by atoms with van der Waals surface area (Å²) in [6.45, 7) is 8.90. The first-order valence-electron chi connectivity index (χ1n) is 17.9. The Balaban J connectivity index is 1.18. The lowest BCUT2D eigenvalue weighted by Gasteiger charge is -2.39. The molecule has 1 fully saturated rings. The average Bonchev–Trinajstić information content (AvgIpc) is 3.13. The number of amides is 1. The molecule has 6 rings (SSSR count). The monoisotopic (exact) mass is 730 g/mol. The molecule has 0 spiro atoms. The molecule has 0 aliphatic carbocycles. The number of rotatable bonds is 13. The van der Waals surface area contributed by atoms with Crippen LogP contribution in [0.15, 0.2) is 73.3 Å². The van der Waals surface area contributed by atoms with Gasteiger partial charge in [0.1, 0.15) is 39.6 Å². The van der Waals surface area contributed by atoms with Gasteiger partial charge in [0.2, 0.25) is 0 Å². The standard InChI is InChI=1S/C39H47FN6O5S/c1-5-46(27(2)3)39(47)31-23-29(40)11-12-34(31)51-36-24-41-26-43-38(36)44-19-14-30(15-20-44)50-35-13-18-42-32-16-21-45(25-28-9-7-6-8-10-28)33(37(32)35)17-22-52(4,48)49/h6-13,18,23-24,26-27,30,33H,5,14-17,19-22,25H2,1-4H3. The van der Waals surface area contributed by atoms with Gasteiger partial charge in [-0.25, -0.2) is 22.8 Å². The van der Waals surface area contributed by atoms with Crippen molar-refractivity contribution in [3.8, 4) is 17.2 Å². The van der Waals surface area contributed by atoms with Gasteiger partial charge in [0, 0.05) is 82.1 Å². The van der Waals surface area contributed by atoms with Gasteiger partial charge < -0.3 is 19.3 Å².